The summed E-state index contributed by atoms with van der Waals surface area (Å²) in [7, 11) is 0. The predicted octanol–water partition coefficient (Wildman–Crippen LogP) is 2.36. The molecule has 0 radical (unpaired) electrons. The predicted molar refractivity (Wildman–Crippen MR) is 84.6 cm³/mol. The van der Waals surface area contributed by atoms with Crippen LogP contribution in [0.4, 0.5) is 17.3 Å². The molecule has 8 heteroatoms. The Morgan fingerprint density at radius 2 is 1.64 bits per heavy atom. The molecule has 2 aromatic rings. The second-order valence-electron chi connectivity index (χ2n) is 4.92. The van der Waals surface area contributed by atoms with E-state index in [9.17, 15) is 10.1 Å². The molecule has 0 unspecified atom stereocenters. The van der Waals surface area contributed by atoms with Gasteiger partial charge in [0.2, 0.25) is 5.95 Å². The van der Waals surface area contributed by atoms with Crippen molar-refractivity contribution in [1.82, 2.24) is 9.97 Å². The van der Waals surface area contributed by atoms with Crippen molar-refractivity contribution in [1.29, 1.82) is 0 Å². The standard InChI is InChI=1S/C14H14ClN5O2/c15-12-3-1-2-4-13(12)18-5-7-19(8-6-18)14-16-9-11(10-17-14)20(21)22/h1-4,9-10H,5-8H2. The second-order valence-corrected chi connectivity index (χ2v) is 5.33. The van der Waals surface area contributed by atoms with E-state index in [0.29, 0.717) is 5.95 Å². The molecular formula is C14H14ClN5O2. The molecule has 1 fully saturated rings. The number of nitrogens with zero attached hydrogens (tertiary/aromatic N) is 5. The van der Waals surface area contributed by atoms with Gasteiger partial charge in [-0.25, -0.2) is 9.97 Å². The van der Waals surface area contributed by atoms with E-state index in [1.165, 1.54) is 12.4 Å². The first kappa shape index (κ1) is 14.5. The van der Waals surface area contributed by atoms with E-state index in [0.717, 1.165) is 36.9 Å². The Kier molecular flexibility index (Phi) is 4.06. The summed E-state index contributed by atoms with van der Waals surface area (Å²) in [5.74, 6) is 0.518. The number of rotatable bonds is 3. The summed E-state index contributed by atoms with van der Waals surface area (Å²) in [5, 5.41) is 11.4. The first-order valence-electron chi connectivity index (χ1n) is 6.86. The van der Waals surface area contributed by atoms with Crippen molar-refractivity contribution in [2.24, 2.45) is 0 Å². The summed E-state index contributed by atoms with van der Waals surface area (Å²) in [6, 6.07) is 7.75. The highest BCUT2D eigenvalue weighted by atomic mass is 35.5. The minimum absolute atomic E-state index is 0.0987. The van der Waals surface area contributed by atoms with E-state index in [4.69, 9.17) is 11.6 Å². The largest absolute Gasteiger partial charge is 0.367 e. The molecule has 1 saturated heterocycles. The quantitative estimate of drug-likeness (QED) is 0.638. The van der Waals surface area contributed by atoms with Crippen molar-refractivity contribution < 1.29 is 4.92 Å². The van der Waals surface area contributed by atoms with Crippen LogP contribution in [-0.2, 0) is 0 Å². The molecule has 1 aliphatic rings. The molecule has 0 N–H and O–H groups in total. The topological polar surface area (TPSA) is 75.4 Å². The van der Waals surface area contributed by atoms with Gasteiger partial charge in [0.1, 0.15) is 12.4 Å². The van der Waals surface area contributed by atoms with Crippen LogP contribution in [0.3, 0.4) is 0 Å². The van der Waals surface area contributed by atoms with Crippen LogP contribution in [0.2, 0.25) is 5.02 Å². The van der Waals surface area contributed by atoms with Crippen molar-refractivity contribution in [3.8, 4) is 0 Å². The van der Waals surface area contributed by atoms with Crippen LogP contribution in [-0.4, -0.2) is 41.1 Å². The van der Waals surface area contributed by atoms with Crippen LogP contribution in [0.15, 0.2) is 36.7 Å². The van der Waals surface area contributed by atoms with Crippen LogP contribution in [0.5, 0.6) is 0 Å². The van der Waals surface area contributed by atoms with E-state index in [1.54, 1.807) is 0 Å². The van der Waals surface area contributed by atoms with Crippen molar-refractivity contribution >= 4 is 28.9 Å². The number of hydrogen-bond donors (Lipinski definition) is 0. The van der Waals surface area contributed by atoms with Crippen molar-refractivity contribution in [2.75, 3.05) is 36.0 Å². The number of anilines is 2. The van der Waals surface area contributed by atoms with Crippen molar-refractivity contribution in [2.45, 2.75) is 0 Å². The Morgan fingerprint density at radius 1 is 1.05 bits per heavy atom. The zero-order valence-electron chi connectivity index (χ0n) is 11.7. The molecular weight excluding hydrogens is 306 g/mol. The van der Waals surface area contributed by atoms with E-state index < -0.39 is 4.92 Å². The zero-order valence-corrected chi connectivity index (χ0v) is 12.5. The molecule has 1 aliphatic heterocycles. The number of nitro groups is 1. The lowest BCUT2D eigenvalue weighted by Crippen LogP contribution is -2.47. The van der Waals surface area contributed by atoms with Crippen LogP contribution in [0, 0.1) is 10.1 Å². The molecule has 0 spiro atoms. The number of aromatic nitrogens is 2. The van der Waals surface area contributed by atoms with Crippen molar-refractivity contribution in [3.05, 3.63) is 51.8 Å². The summed E-state index contributed by atoms with van der Waals surface area (Å²) < 4.78 is 0. The van der Waals surface area contributed by atoms with Gasteiger partial charge in [-0.15, -0.1) is 0 Å². The van der Waals surface area contributed by atoms with Gasteiger partial charge in [-0.2, -0.15) is 0 Å². The number of benzene rings is 1. The summed E-state index contributed by atoms with van der Waals surface area (Å²) in [5.41, 5.74) is 0.923. The lowest BCUT2D eigenvalue weighted by atomic mass is 10.2. The molecule has 0 aliphatic carbocycles. The number of halogens is 1. The van der Waals surface area contributed by atoms with E-state index in [-0.39, 0.29) is 5.69 Å². The fourth-order valence-corrected chi connectivity index (χ4v) is 2.68. The molecule has 2 heterocycles. The maximum absolute atomic E-state index is 10.6. The Hall–Kier alpha value is -2.41. The van der Waals surface area contributed by atoms with Crippen LogP contribution < -0.4 is 9.80 Å². The molecule has 114 valence electrons. The normalized spacial score (nSPS) is 15.0. The third kappa shape index (κ3) is 2.94. The molecule has 0 amide bonds. The summed E-state index contributed by atoms with van der Waals surface area (Å²) in [4.78, 5) is 22.5. The fourth-order valence-electron chi connectivity index (χ4n) is 2.43. The third-order valence-electron chi connectivity index (χ3n) is 3.59. The van der Waals surface area contributed by atoms with E-state index >= 15 is 0 Å². The van der Waals surface area contributed by atoms with Gasteiger partial charge in [0.25, 0.3) is 0 Å². The maximum Gasteiger partial charge on any atom is 0.305 e. The van der Waals surface area contributed by atoms with Gasteiger partial charge < -0.3 is 9.80 Å². The molecule has 0 saturated carbocycles. The average molecular weight is 320 g/mol. The summed E-state index contributed by atoms with van der Waals surface area (Å²) in [6.07, 6.45) is 2.48. The first-order valence-corrected chi connectivity index (χ1v) is 7.24. The SMILES string of the molecule is O=[N+]([O-])c1cnc(N2CCN(c3ccccc3Cl)CC2)nc1. The highest BCUT2D eigenvalue weighted by Gasteiger charge is 2.21. The van der Waals surface area contributed by atoms with Gasteiger partial charge in [0, 0.05) is 26.2 Å². The Labute approximate surface area is 132 Å². The van der Waals surface area contributed by atoms with Crippen LogP contribution in [0.1, 0.15) is 0 Å². The smallest absolute Gasteiger partial charge is 0.305 e. The van der Waals surface area contributed by atoms with Gasteiger partial charge in [-0.3, -0.25) is 10.1 Å². The first-order chi connectivity index (χ1) is 10.6. The zero-order chi connectivity index (χ0) is 15.5. The summed E-state index contributed by atoms with van der Waals surface area (Å²) in [6.45, 7) is 3.07. The monoisotopic (exact) mass is 319 g/mol. The Balaban J connectivity index is 1.66. The van der Waals surface area contributed by atoms with Gasteiger partial charge in [0.15, 0.2) is 0 Å². The number of piperazine rings is 1. The molecule has 1 aromatic heterocycles. The minimum Gasteiger partial charge on any atom is -0.367 e. The van der Waals surface area contributed by atoms with Gasteiger partial charge in [-0.05, 0) is 12.1 Å². The summed E-state index contributed by atoms with van der Waals surface area (Å²) >= 11 is 6.21. The van der Waals surface area contributed by atoms with Gasteiger partial charge in [-0.1, -0.05) is 23.7 Å². The molecule has 0 bridgehead atoms. The van der Waals surface area contributed by atoms with Crippen LogP contribution in [0.25, 0.3) is 0 Å². The van der Waals surface area contributed by atoms with E-state index in [2.05, 4.69) is 14.9 Å². The Bertz CT molecular complexity index is 671. The second kappa shape index (κ2) is 6.15. The molecule has 0 atom stereocenters. The highest BCUT2D eigenvalue weighted by Crippen LogP contribution is 2.26. The van der Waals surface area contributed by atoms with E-state index in [1.807, 2.05) is 29.2 Å². The molecule has 3 rings (SSSR count). The van der Waals surface area contributed by atoms with Gasteiger partial charge >= 0.3 is 5.69 Å². The number of hydrogen-bond acceptors (Lipinski definition) is 6. The maximum atomic E-state index is 10.6. The molecule has 1 aromatic carbocycles. The van der Waals surface area contributed by atoms with Crippen molar-refractivity contribution in [3.63, 3.8) is 0 Å². The molecule has 7 nitrogen and oxygen atoms in total. The highest BCUT2D eigenvalue weighted by molar-refractivity contribution is 6.33. The third-order valence-corrected chi connectivity index (χ3v) is 3.91. The van der Waals surface area contributed by atoms with Gasteiger partial charge in [0.05, 0.1) is 15.6 Å². The Morgan fingerprint density at radius 3 is 2.23 bits per heavy atom. The molecule has 22 heavy (non-hydrogen) atoms. The lowest BCUT2D eigenvalue weighted by Gasteiger charge is -2.36. The fraction of sp³-hybridized carbons (Fsp3) is 0.286. The number of para-hydroxylation sites is 1. The van der Waals surface area contributed by atoms with Crippen LogP contribution >= 0.6 is 11.6 Å². The minimum atomic E-state index is -0.501. The average Bonchev–Trinajstić information content (AvgIpc) is 2.56. The lowest BCUT2D eigenvalue weighted by molar-refractivity contribution is -0.385.